The van der Waals surface area contributed by atoms with Crippen molar-refractivity contribution in [1.82, 2.24) is 5.32 Å². The molecule has 1 aromatic carbocycles. The first kappa shape index (κ1) is 11.1. The molecule has 1 atom stereocenters. The fraction of sp³-hybridized carbons (Fsp3) is 0.400. The lowest BCUT2D eigenvalue weighted by Gasteiger charge is -2.15. The molecule has 14 heavy (non-hydrogen) atoms. The molecule has 78 valence electrons. The lowest BCUT2D eigenvalue weighted by molar-refractivity contribution is 0.267. The summed E-state index contributed by atoms with van der Waals surface area (Å²) in [6.07, 6.45) is 0.358. The molecule has 0 aliphatic heterocycles. The average Bonchev–Trinajstić information content (AvgIpc) is 2.19. The summed E-state index contributed by atoms with van der Waals surface area (Å²) in [4.78, 5) is 0. The second kappa shape index (κ2) is 5.02. The maximum absolute atomic E-state index is 13.3. The molecule has 0 aliphatic rings. The molecule has 0 fully saturated rings. The molecule has 0 spiro atoms. The molecule has 0 radical (unpaired) electrons. The van der Waals surface area contributed by atoms with Crippen LogP contribution in [0.15, 0.2) is 18.2 Å². The monoisotopic (exact) mass is 201 g/mol. The van der Waals surface area contributed by atoms with Crippen molar-refractivity contribution < 1.29 is 13.9 Å². The molecule has 0 saturated carbocycles. The maximum Gasteiger partial charge on any atom is 0.163 e. The smallest absolute Gasteiger partial charge is 0.163 e. The van der Waals surface area contributed by atoms with Gasteiger partial charge in [0.2, 0.25) is 0 Å². The van der Waals surface area contributed by atoms with Crippen LogP contribution in [0.4, 0.5) is 8.78 Å². The second-order valence-corrected chi connectivity index (χ2v) is 3.00. The van der Waals surface area contributed by atoms with Crippen LogP contribution >= 0.6 is 0 Å². The predicted molar refractivity (Wildman–Crippen MR) is 49.9 cm³/mol. The van der Waals surface area contributed by atoms with E-state index in [-0.39, 0.29) is 18.2 Å². The number of aliphatic hydroxyl groups is 1. The summed E-state index contributed by atoms with van der Waals surface area (Å²) < 4.78 is 26.1. The largest absolute Gasteiger partial charge is 0.396 e. The molecule has 0 heterocycles. The van der Waals surface area contributed by atoms with Crippen molar-refractivity contribution in [3.8, 4) is 0 Å². The molecule has 2 N–H and O–H groups in total. The van der Waals surface area contributed by atoms with Gasteiger partial charge in [0.1, 0.15) is 0 Å². The van der Waals surface area contributed by atoms with Gasteiger partial charge >= 0.3 is 0 Å². The van der Waals surface area contributed by atoms with E-state index in [2.05, 4.69) is 5.32 Å². The summed E-state index contributed by atoms with van der Waals surface area (Å²) in [5.74, 6) is -1.71. The van der Waals surface area contributed by atoms with Crippen LogP contribution in [0.1, 0.15) is 18.0 Å². The Balaban J connectivity index is 2.97. The number of halogens is 2. The molecule has 0 amide bonds. The Kier molecular flexibility index (Phi) is 3.98. The van der Waals surface area contributed by atoms with Gasteiger partial charge in [0.15, 0.2) is 11.6 Å². The van der Waals surface area contributed by atoms with Gasteiger partial charge in [-0.1, -0.05) is 12.1 Å². The number of nitrogens with one attached hydrogen (secondary N) is 1. The average molecular weight is 201 g/mol. The first-order valence-electron chi connectivity index (χ1n) is 4.42. The van der Waals surface area contributed by atoms with Crippen LogP contribution in [-0.4, -0.2) is 18.8 Å². The minimum Gasteiger partial charge on any atom is -0.396 e. The van der Waals surface area contributed by atoms with Gasteiger partial charge in [0.25, 0.3) is 0 Å². The van der Waals surface area contributed by atoms with Crippen molar-refractivity contribution in [1.29, 1.82) is 0 Å². The van der Waals surface area contributed by atoms with E-state index in [1.165, 1.54) is 12.1 Å². The Morgan fingerprint density at radius 2 is 2.14 bits per heavy atom. The van der Waals surface area contributed by atoms with Gasteiger partial charge < -0.3 is 10.4 Å². The molecule has 1 rings (SSSR count). The highest BCUT2D eigenvalue weighted by Gasteiger charge is 2.15. The molecule has 0 aromatic heterocycles. The molecular formula is C10H13F2NO. The summed E-state index contributed by atoms with van der Waals surface area (Å²) in [5.41, 5.74) is 0.251. The van der Waals surface area contributed by atoms with Gasteiger partial charge in [-0.05, 0) is 19.5 Å². The lowest BCUT2D eigenvalue weighted by Crippen LogP contribution is -2.19. The van der Waals surface area contributed by atoms with E-state index in [4.69, 9.17) is 5.11 Å². The van der Waals surface area contributed by atoms with E-state index >= 15 is 0 Å². The first-order chi connectivity index (χ1) is 6.70. The number of benzene rings is 1. The fourth-order valence-corrected chi connectivity index (χ4v) is 1.37. The Labute approximate surface area is 81.6 Å². The zero-order valence-electron chi connectivity index (χ0n) is 7.93. The Morgan fingerprint density at radius 1 is 1.43 bits per heavy atom. The lowest BCUT2D eigenvalue weighted by atomic mass is 10.0. The summed E-state index contributed by atoms with van der Waals surface area (Å²) >= 11 is 0. The van der Waals surface area contributed by atoms with Gasteiger partial charge in [-0.2, -0.15) is 0 Å². The Bertz CT molecular complexity index is 304. The third kappa shape index (κ3) is 2.27. The number of hydrogen-bond acceptors (Lipinski definition) is 2. The molecule has 2 nitrogen and oxygen atoms in total. The maximum atomic E-state index is 13.3. The predicted octanol–water partition coefficient (Wildman–Crippen LogP) is 1.61. The molecule has 1 aromatic rings. The summed E-state index contributed by atoms with van der Waals surface area (Å²) in [5, 5.41) is 11.6. The normalized spacial score (nSPS) is 12.9. The van der Waals surface area contributed by atoms with Gasteiger partial charge in [-0.25, -0.2) is 8.78 Å². The zero-order valence-corrected chi connectivity index (χ0v) is 7.93. The summed E-state index contributed by atoms with van der Waals surface area (Å²) in [6, 6.07) is 3.69. The van der Waals surface area contributed by atoms with E-state index in [1.807, 2.05) is 0 Å². The first-order valence-corrected chi connectivity index (χ1v) is 4.42. The van der Waals surface area contributed by atoms with E-state index in [1.54, 1.807) is 7.05 Å². The van der Waals surface area contributed by atoms with E-state index in [0.717, 1.165) is 6.07 Å². The minimum absolute atomic E-state index is 0.0680. The minimum atomic E-state index is -0.860. The highest BCUT2D eigenvalue weighted by atomic mass is 19.2. The van der Waals surface area contributed by atoms with Gasteiger partial charge in [-0.3, -0.25) is 0 Å². The molecule has 4 heteroatoms. The van der Waals surface area contributed by atoms with E-state index < -0.39 is 11.6 Å². The summed E-state index contributed by atoms with van der Waals surface area (Å²) in [6.45, 7) is -0.0680. The highest BCUT2D eigenvalue weighted by molar-refractivity contribution is 5.22. The van der Waals surface area contributed by atoms with Gasteiger partial charge in [-0.15, -0.1) is 0 Å². The Morgan fingerprint density at radius 3 is 2.71 bits per heavy atom. The van der Waals surface area contributed by atoms with E-state index in [0.29, 0.717) is 6.42 Å². The molecule has 0 aliphatic carbocycles. The SMILES string of the molecule is CNC(CCO)c1cccc(F)c1F. The Hall–Kier alpha value is -1.00. The van der Waals surface area contributed by atoms with Crippen LogP contribution in [0, 0.1) is 11.6 Å². The van der Waals surface area contributed by atoms with Crippen molar-refractivity contribution in [2.24, 2.45) is 0 Å². The molecule has 0 saturated heterocycles. The van der Waals surface area contributed by atoms with Crippen LogP contribution in [0.25, 0.3) is 0 Å². The van der Waals surface area contributed by atoms with Gasteiger partial charge in [0, 0.05) is 18.2 Å². The van der Waals surface area contributed by atoms with Crippen LogP contribution in [0.2, 0.25) is 0 Å². The third-order valence-electron chi connectivity index (χ3n) is 2.12. The van der Waals surface area contributed by atoms with Crippen molar-refractivity contribution in [2.45, 2.75) is 12.5 Å². The number of rotatable bonds is 4. The molecular weight excluding hydrogens is 188 g/mol. The van der Waals surface area contributed by atoms with E-state index in [9.17, 15) is 8.78 Å². The fourth-order valence-electron chi connectivity index (χ4n) is 1.37. The number of aliphatic hydroxyl groups excluding tert-OH is 1. The van der Waals surface area contributed by atoms with Crippen molar-refractivity contribution >= 4 is 0 Å². The van der Waals surface area contributed by atoms with Crippen LogP contribution in [-0.2, 0) is 0 Å². The van der Waals surface area contributed by atoms with Crippen LogP contribution in [0.3, 0.4) is 0 Å². The highest BCUT2D eigenvalue weighted by Crippen LogP contribution is 2.21. The third-order valence-corrected chi connectivity index (χ3v) is 2.12. The van der Waals surface area contributed by atoms with Crippen LogP contribution < -0.4 is 5.32 Å². The van der Waals surface area contributed by atoms with Crippen molar-refractivity contribution in [3.05, 3.63) is 35.4 Å². The second-order valence-electron chi connectivity index (χ2n) is 3.00. The standard InChI is InChI=1S/C10H13F2NO/c1-13-9(5-6-14)7-3-2-4-8(11)10(7)12/h2-4,9,13-14H,5-6H2,1H3. The van der Waals surface area contributed by atoms with Crippen molar-refractivity contribution in [2.75, 3.05) is 13.7 Å². The summed E-state index contributed by atoms with van der Waals surface area (Å²) in [7, 11) is 1.64. The van der Waals surface area contributed by atoms with Gasteiger partial charge in [0.05, 0.1) is 0 Å². The molecule has 1 unspecified atom stereocenters. The zero-order chi connectivity index (χ0) is 10.6. The quantitative estimate of drug-likeness (QED) is 0.775. The number of hydrogen-bond donors (Lipinski definition) is 2. The molecule has 0 bridgehead atoms. The topological polar surface area (TPSA) is 32.3 Å². The van der Waals surface area contributed by atoms with Crippen molar-refractivity contribution in [3.63, 3.8) is 0 Å². The van der Waals surface area contributed by atoms with Crippen LogP contribution in [0.5, 0.6) is 0 Å².